The van der Waals surface area contributed by atoms with Gasteiger partial charge in [-0.3, -0.25) is 4.79 Å². The van der Waals surface area contributed by atoms with Gasteiger partial charge in [0.1, 0.15) is 22.0 Å². The van der Waals surface area contributed by atoms with Gasteiger partial charge in [-0.05, 0) is 6.92 Å². The van der Waals surface area contributed by atoms with E-state index in [9.17, 15) is 22.8 Å². The van der Waals surface area contributed by atoms with Gasteiger partial charge in [-0.2, -0.15) is 13.2 Å². The van der Waals surface area contributed by atoms with Crippen LogP contribution in [0.5, 0.6) is 0 Å². The number of thiophene rings is 1. The summed E-state index contributed by atoms with van der Waals surface area (Å²) >= 11 is 0.665. The molecule has 6 nitrogen and oxygen atoms in total. The lowest BCUT2D eigenvalue weighted by Crippen LogP contribution is -2.22. The van der Waals surface area contributed by atoms with Crippen LogP contribution >= 0.6 is 11.3 Å². The van der Waals surface area contributed by atoms with Crippen molar-refractivity contribution in [3.8, 4) is 0 Å². The summed E-state index contributed by atoms with van der Waals surface area (Å²) in [4.78, 5) is 23.3. The van der Waals surface area contributed by atoms with Crippen molar-refractivity contribution in [3.63, 3.8) is 0 Å². The summed E-state index contributed by atoms with van der Waals surface area (Å²) in [6.45, 7) is 0.220. The molecule has 0 saturated carbocycles. The summed E-state index contributed by atoms with van der Waals surface area (Å²) in [5, 5.41) is 4.21. The molecule has 0 aliphatic heterocycles. The zero-order valence-electron chi connectivity index (χ0n) is 11.3. The van der Waals surface area contributed by atoms with Crippen molar-refractivity contribution >= 4 is 33.9 Å². The molecule has 1 amide bonds. The van der Waals surface area contributed by atoms with Crippen molar-refractivity contribution in [2.24, 2.45) is 0 Å². The fraction of sp³-hybridized carbons (Fsp3) is 0.455. The lowest BCUT2D eigenvalue weighted by Gasteiger charge is -2.09. The molecule has 1 aromatic rings. The second kappa shape index (κ2) is 6.66. The number of halogens is 3. The largest absolute Gasteiger partial charge is 0.462 e. The highest BCUT2D eigenvalue weighted by molar-refractivity contribution is 7.19. The number of nitrogen functional groups attached to an aromatic ring is 1. The summed E-state index contributed by atoms with van der Waals surface area (Å²) < 4.78 is 41.6. The maximum atomic E-state index is 12.3. The lowest BCUT2D eigenvalue weighted by atomic mass is 10.2. The van der Waals surface area contributed by atoms with Gasteiger partial charge < -0.3 is 21.1 Å². The highest BCUT2D eigenvalue weighted by Crippen LogP contribution is 2.36. The number of hydrogen-bond acceptors (Lipinski definition) is 6. The summed E-state index contributed by atoms with van der Waals surface area (Å²) in [7, 11) is 1.34. The zero-order valence-corrected chi connectivity index (χ0v) is 12.1. The maximum Gasteiger partial charge on any atom is 0.405 e. The van der Waals surface area contributed by atoms with Gasteiger partial charge in [0, 0.05) is 7.05 Å². The van der Waals surface area contributed by atoms with Crippen molar-refractivity contribution in [2.45, 2.75) is 13.1 Å². The number of nitrogens with two attached hydrogens (primary N) is 1. The SMILES string of the molecule is CCOC(=O)c1c(NCC(F)(F)F)sc(C(=O)NC)c1N. The van der Waals surface area contributed by atoms with Crippen molar-refractivity contribution in [1.29, 1.82) is 0 Å². The standard InChI is InChI=1S/C11H14F3N3O3S/c1-3-20-10(19)5-6(15)7(8(18)16-2)21-9(5)17-4-11(12,13)14/h17H,3-4,15H2,1-2H3,(H,16,18). The van der Waals surface area contributed by atoms with Crippen LogP contribution in [0.2, 0.25) is 0 Å². The first kappa shape index (κ1) is 17.1. The molecule has 0 fully saturated rings. The summed E-state index contributed by atoms with van der Waals surface area (Å²) in [5.74, 6) is -1.48. The molecule has 118 valence electrons. The van der Waals surface area contributed by atoms with E-state index >= 15 is 0 Å². The van der Waals surface area contributed by atoms with E-state index in [1.165, 1.54) is 7.05 Å². The number of anilines is 2. The molecule has 10 heteroatoms. The Balaban J connectivity index is 3.20. The Morgan fingerprint density at radius 2 is 2.00 bits per heavy atom. The first-order chi connectivity index (χ1) is 9.71. The van der Waals surface area contributed by atoms with E-state index in [0.717, 1.165) is 0 Å². The van der Waals surface area contributed by atoms with E-state index in [1.807, 2.05) is 0 Å². The van der Waals surface area contributed by atoms with Crippen LogP contribution in [0.15, 0.2) is 0 Å². The Morgan fingerprint density at radius 1 is 1.38 bits per heavy atom. The van der Waals surface area contributed by atoms with Crippen LogP contribution in [0.1, 0.15) is 27.0 Å². The third-order valence-corrected chi connectivity index (χ3v) is 3.47. The fourth-order valence-corrected chi connectivity index (χ4v) is 2.49. The molecular weight excluding hydrogens is 311 g/mol. The summed E-state index contributed by atoms with van der Waals surface area (Å²) in [6.07, 6.45) is -4.47. The van der Waals surface area contributed by atoms with Crippen molar-refractivity contribution in [2.75, 3.05) is 31.2 Å². The minimum absolute atomic E-state index is 0.0299. The predicted molar refractivity (Wildman–Crippen MR) is 72.6 cm³/mol. The molecule has 0 bridgehead atoms. The molecule has 1 rings (SSSR count). The van der Waals surface area contributed by atoms with Crippen molar-refractivity contribution < 1.29 is 27.5 Å². The zero-order chi connectivity index (χ0) is 16.2. The second-order valence-electron chi connectivity index (χ2n) is 3.82. The Morgan fingerprint density at radius 3 is 2.48 bits per heavy atom. The van der Waals surface area contributed by atoms with Gasteiger partial charge in [0.05, 0.1) is 12.3 Å². The minimum Gasteiger partial charge on any atom is -0.462 e. The molecule has 0 spiro atoms. The Labute approximate surface area is 122 Å². The van der Waals surface area contributed by atoms with Gasteiger partial charge in [0.25, 0.3) is 5.91 Å². The Bertz CT molecular complexity index is 543. The maximum absolute atomic E-state index is 12.3. The molecule has 0 aliphatic carbocycles. The third-order valence-electron chi connectivity index (χ3n) is 2.31. The van der Waals surface area contributed by atoms with E-state index in [-0.39, 0.29) is 27.7 Å². The molecule has 0 saturated heterocycles. The van der Waals surface area contributed by atoms with Crippen LogP contribution in [0.25, 0.3) is 0 Å². The molecule has 0 aliphatic rings. The highest BCUT2D eigenvalue weighted by Gasteiger charge is 2.31. The number of hydrogen-bond donors (Lipinski definition) is 3. The Hall–Kier alpha value is -1.97. The molecule has 0 radical (unpaired) electrons. The Kier molecular flexibility index (Phi) is 5.41. The predicted octanol–water partition coefficient (Wildman–Crippen LogP) is 1.84. The number of carbonyl (C=O) groups excluding carboxylic acids is 2. The van der Waals surface area contributed by atoms with Gasteiger partial charge >= 0.3 is 12.1 Å². The molecular formula is C11H14F3N3O3S. The smallest absolute Gasteiger partial charge is 0.405 e. The average molecular weight is 325 g/mol. The minimum atomic E-state index is -4.47. The lowest BCUT2D eigenvalue weighted by molar-refractivity contribution is -0.115. The molecule has 1 aromatic heterocycles. The number of rotatable bonds is 5. The van der Waals surface area contributed by atoms with E-state index < -0.39 is 24.6 Å². The van der Waals surface area contributed by atoms with Gasteiger partial charge in [-0.25, -0.2) is 4.79 Å². The second-order valence-corrected chi connectivity index (χ2v) is 4.84. The number of carbonyl (C=O) groups is 2. The quantitative estimate of drug-likeness (QED) is 0.718. The molecule has 21 heavy (non-hydrogen) atoms. The molecule has 1 heterocycles. The number of alkyl halides is 3. The molecule has 0 unspecified atom stereocenters. The van der Waals surface area contributed by atoms with Gasteiger partial charge in [0.15, 0.2) is 0 Å². The van der Waals surface area contributed by atoms with Crippen LogP contribution in [0, 0.1) is 0 Å². The van der Waals surface area contributed by atoms with Gasteiger partial charge in [0.2, 0.25) is 0 Å². The topological polar surface area (TPSA) is 93.4 Å². The van der Waals surface area contributed by atoms with Crippen LogP contribution in [0.3, 0.4) is 0 Å². The molecule has 4 N–H and O–H groups in total. The summed E-state index contributed by atoms with van der Waals surface area (Å²) in [6, 6.07) is 0. The fourth-order valence-electron chi connectivity index (χ4n) is 1.44. The van der Waals surface area contributed by atoms with E-state index in [2.05, 4.69) is 10.6 Å². The number of nitrogens with one attached hydrogen (secondary N) is 2. The van der Waals surface area contributed by atoms with Crippen LogP contribution in [-0.2, 0) is 4.74 Å². The average Bonchev–Trinajstić information content (AvgIpc) is 2.72. The van der Waals surface area contributed by atoms with Gasteiger partial charge in [-0.15, -0.1) is 11.3 Å². The van der Waals surface area contributed by atoms with Gasteiger partial charge in [-0.1, -0.05) is 0 Å². The number of esters is 1. The van der Waals surface area contributed by atoms with Crippen LogP contribution < -0.4 is 16.4 Å². The van der Waals surface area contributed by atoms with Crippen LogP contribution in [-0.4, -0.2) is 38.3 Å². The number of ether oxygens (including phenoxy) is 1. The van der Waals surface area contributed by atoms with Crippen molar-refractivity contribution in [3.05, 3.63) is 10.4 Å². The van der Waals surface area contributed by atoms with Crippen molar-refractivity contribution in [1.82, 2.24) is 5.32 Å². The van der Waals surface area contributed by atoms with E-state index in [0.29, 0.717) is 11.3 Å². The van der Waals surface area contributed by atoms with E-state index in [4.69, 9.17) is 10.5 Å². The number of amides is 1. The van der Waals surface area contributed by atoms with E-state index in [1.54, 1.807) is 6.92 Å². The first-order valence-electron chi connectivity index (χ1n) is 5.83. The molecule has 0 aromatic carbocycles. The van der Waals surface area contributed by atoms with Crippen LogP contribution in [0.4, 0.5) is 23.9 Å². The normalized spacial score (nSPS) is 11.1. The summed E-state index contributed by atoms with van der Waals surface area (Å²) in [5.41, 5.74) is 5.21. The third kappa shape index (κ3) is 4.25. The molecule has 0 atom stereocenters. The monoisotopic (exact) mass is 325 g/mol. The highest BCUT2D eigenvalue weighted by atomic mass is 32.1. The first-order valence-corrected chi connectivity index (χ1v) is 6.65.